The first-order valence-electron chi connectivity index (χ1n) is 12.8. The lowest BCUT2D eigenvalue weighted by molar-refractivity contribution is -0.128. The third-order valence-corrected chi connectivity index (χ3v) is 9.31. The van der Waals surface area contributed by atoms with Crippen LogP contribution in [0.4, 0.5) is 5.69 Å². The lowest BCUT2D eigenvalue weighted by Gasteiger charge is -2.26. The highest BCUT2D eigenvalue weighted by atomic mass is 32.2. The highest BCUT2D eigenvalue weighted by molar-refractivity contribution is 7.89. The molecule has 3 aromatic carbocycles. The van der Waals surface area contributed by atoms with Gasteiger partial charge in [0, 0.05) is 35.2 Å². The van der Waals surface area contributed by atoms with Crippen LogP contribution in [-0.2, 0) is 37.4 Å². The van der Waals surface area contributed by atoms with E-state index in [1.807, 2.05) is 42.5 Å². The van der Waals surface area contributed by atoms with E-state index in [-0.39, 0.29) is 35.7 Å². The first-order chi connectivity index (χ1) is 18.7. The number of sulfone groups is 1. The smallest absolute Gasteiger partial charge is 0.253 e. The van der Waals surface area contributed by atoms with Gasteiger partial charge in [0.2, 0.25) is 5.91 Å². The summed E-state index contributed by atoms with van der Waals surface area (Å²) >= 11 is 0. The van der Waals surface area contributed by atoms with Gasteiger partial charge in [0.25, 0.3) is 5.91 Å². The van der Waals surface area contributed by atoms with Crippen molar-refractivity contribution in [1.82, 2.24) is 10.3 Å². The Morgan fingerprint density at radius 2 is 1.79 bits per heavy atom. The monoisotopic (exact) mass is 543 g/mol. The molecule has 2 bridgehead atoms. The predicted octanol–water partition coefficient (Wildman–Crippen LogP) is 3.85. The molecule has 1 fully saturated rings. The molecule has 1 unspecified atom stereocenters. The average Bonchev–Trinajstić information content (AvgIpc) is 3.55. The standard InChI is InChI=1S/C30H29N3O5S/c1-33(21-10-12-22(38-2)13-11-21)29(35)30-16-25(30)20-7-5-6-19(14-20)17-39(36,37)18-27-24(15-28(34)32-30)23-8-3-4-9-26(23)31-27/h3-14,25,31H,15-18H2,1-2H3,(H,32,34)/t25?,30-/m0/s1. The second-order valence-corrected chi connectivity index (χ2v) is 12.5. The largest absolute Gasteiger partial charge is 0.497 e. The number of fused-ring (bicyclic) bond motifs is 7. The van der Waals surface area contributed by atoms with E-state index >= 15 is 0 Å². The summed E-state index contributed by atoms with van der Waals surface area (Å²) in [7, 11) is -0.258. The van der Waals surface area contributed by atoms with Crippen LogP contribution in [0.2, 0.25) is 0 Å². The number of nitrogens with one attached hydrogen (secondary N) is 2. The zero-order valence-corrected chi connectivity index (χ0v) is 22.5. The molecule has 1 aromatic heterocycles. The highest BCUT2D eigenvalue weighted by Crippen LogP contribution is 2.53. The Kier molecular flexibility index (Phi) is 5.99. The van der Waals surface area contributed by atoms with Crippen LogP contribution in [0.3, 0.4) is 0 Å². The fourth-order valence-corrected chi connectivity index (χ4v) is 7.25. The molecule has 2 amide bonds. The number of aromatic amines is 1. The molecule has 4 aromatic rings. The molecule has 2 heterocycles. The number of anilines is 1. The lowest BCUT2D eigenvalue weighted by atomic mass is 10.0. The van der Waals surface area contributed by atoms with Crippen molar-refractivity contribution in [3.8, 4) is 5.75 Å². The first-order valence-corrected chi connectivity index (χ1v) is 14.6. The molecule has 2 atom stereocenters. The molecule has 0 spiro atoms. The number of methoxy groups -OCH3 is 1. The van der Waals surface area contributed by atoms with E-state index < -0.39 is 15.4 Å². The zero-order valence-electron chi connectivity index (χ0n) is 21.7. The number of hydrogen-bond donors (Lipinski definition) is 2. The molecule has 2 aliphatic rings. The van der Waals surface area contributed by atoms with Gasteiger partial charge in [-0.05, 0) is 53.4 Å². The number of aromatic nitrogens is 1. The van der Waals surface area contributed by atoms with E-state index in [1.54, 1.807) is 49.4 Å². The topological polar surface area (TPSA) is 109 Å². The molecule has 1 aliphatic heterocycles. The number of likely N-dealkylation sites (N-methyl/N-ethyl adjacent to an activating group) is 1. The van der Waals surface area contributed by atoms with Crippen LogP contribution < -0.4 is 15.0 Å². The second kappa shape index (κ2) is 9.27. The Labute approximate surface area is 226 Å². The Hall–Kier alpha value is -4.11. The number of rotatable bonds is 3. The normalized spacial score (nSPS) is 21.8. The number of benzene rings is 3. The van der Waals surface area contributed by atoms with E-state index in [9.17, 15) is 18.0 Å². The number of H-pyrrole nitrogens is 1. The fourth-order valence-electron chi connectivity index (χ4n) is 5.77. The summed E-state index contributed by atoms with van der Waals surface area (Å²) in [5, 5.41) is 3.89. The van der Waals surface area contributed by atoms with Gasteiger partial charge < -0.3 is 19.9 Å². The van der Waals surface area contributed by atoms with Crippen LogP contribution in [0, 0.1) is 0 Å². The lowest BCUT2D eigenvalue weighted by Crippen LogP contribution is -2.51. The third kappa shape index (κ3) is 4.57. The molecule has 8 nitrogen and oxygen atoms in total. The predicted molar refractivity (Wildman–Crippen MR) is 149 cm³/mol. The van der Waals surface area contributed by atoms with Gasteiger partial charge in [0.1, 0.15) is 11.3 Å². The molecule has 0 saturated heterocycles. The van der Waals surface area contributed by atoms with Crippen molar-refractivity contribution in [2.45, 2.75) is 35.8 Å². The highest BCUT2D eigenvalue weighted by Gasteiger charge is 2.62. The summed E-state index contributed by atoms with van der Waals surface area (Å²) in [6.07, 6.45) is 0.384. The Morgan fingerprint density at radius 1 is 1.03 bits per heavy atom. The van der Waals surface area contributed by atoms with Crippen molar-refractivity contribution in [3.05, 3.63) is 95.2 Å². The van der Waals surface area contributed by atoms with Gasteiger partial charge in [0.05, 0.1) is 25.0 Å². The molecular formula is C30H29N3O5S. The maximum atomic E-state index is 14.0. The molecule has 39 heavy (non-hydrogen) atoms. The van der Waals surface area contributed by atoms with Crippen LogP contribution in [0.25, 0.3) is 10.9 Å². The van der Waals surface area contributed by atoms with Gasteiger partial charge in [-0.15, -0.1) is 0 Å². The molecule has 0 radical (unpaired) electrons. The Morgan fingerprint density at radius 3 is 2.56 bits per heavy atom. The summed E-state index contributed by atoms with van der Waals surface area (Å²) in [6.45, 7) is 0. The molecule has 2 N–H and O–H groups in total. The Bertz CT molecular complexity index is 1710. The number of carbonyl (C=O) groups is 2. The summed E-state index contributed by atoms with van der Waals surface area (Å²) < 4.78 is 31.8. The Balaban J connectivity index is 1.43. The number of hydrogen-bond acceptors (Lipinski definition) is 5. The van der Waals surface area contributed by atoms with Crippen molar-refractivity contribution >= 4 is 38.2 Å². The maximum absolute atomic E-state index is 14.0. The van der Waals surface area contributed by atoms with Crippen molar-refractivity contribution in [3.63, 3.8) is 0 Å². The van der Waals surface area contributed by atoms with Crippen LogP contribution >= 0.6 is 0 Å². The van der Waals surface area contributed by atoms with Gasteiger partial charge in [-0.3, -0.25) is 9.59 Å². The average molecular weight is 544 g/mol. The van der Waals surface area contributed by atoms with Crippen molar-refractivity contribution in [2.75, 3.05) is 19.1 Å². The molecule has 6 rings (SSSR count). The maximum Gasteiger partial charge on any atom is 0.253 e. The van der Waals surface area contributed by atoms with Gasteiger partial charge >= 0.3 is 0 Å². The van der Waals surface area contributed by atoms with E-state index in [4.69, 9.17) is 4.74 Å². The second-order valence-electron chi connectivity index (χ2n) is 10.4. The van der Waals surface area contributed by atoms with Gasteiger partial charge in [-0.25, -0.2) is 8.42 Å². The van der Waals surface area contributed by atoms with E-state index in [0.29, 0.717) is 34.7 Å². The van der Waals surface area contributed by atoms with Crippen molar-refractivity contribution in [2.24, 2.45) is 0 Å². The number of nitrogens with zero attached hydrogens (tertiary/aromatic N) is 1. The van der Waals surface area contributed by atoms with Crippen LogP contribution in [-0.4, -0.2) is 44.9 Å². The van der Waals surface area contributed by atoms with Gasteiger partial charge in [0.15, 0.2) is 9.84 Å². The molecule has 9 heteroatoms. The summed E-state index contributed by atoms with van der Waals surface area (Å²) in [5.74, 6) is -0.483. The number of amides is 2. The van der Waals surface area contributed by atoms with Crippen molar-refractivity contribution < 1.29 is 22.7 Å². The van der Waals surface area contributed by atoms with E-state index in [2.05, 4.69) is 10.3 Å². The minimum Gasteiger partial charge on any atom is -0.497 e. The third-order valence-electron chi connectivity index (χ3n) is 7.81. The summed E-state index contributed by atoms with van der Waals surface area (Å²) in [5.41, 5.74) is 2.95. The van der Waals surface area contributed by atoms with Crippen molar-refractivity contribution in [1.29, 1.82) is 0 Å². The molecule has 200 valence electrons. The van der Waals surface area contributed by atoms with E-state index in [0.717, 1.165) is 16.5 Å². The van der Waals surface area contributed by atoms with Gasteiger partial charge in [-0.1, -0.05) is 42.5 Å². The fraction of sp³-hybridized carbons (Fsp3) is 0.267. The number of carbonyl (C=O) groups excluding carboxylic acids is 2. The molecular weight excluding hydrogens is 514 g/mol. The quantitative estimate of drug-likeness (QED) is 0.408. The summed E-state index contributed by atoms with van der Waals surface area (Å²) in [4.78, 5) is 32.4. The minimum absolute atomic E-state index is 0.0412. The zero-order chi connectivity index (χ0) is 27.4. The minimum atomic E-state index is -3.54. The molecule has 1 aliphatic carbocycles. The summed E-state index contributed by atoms with van der Waals surface area (Å²) in [6, 6.07) is 22.0. The van der Waals surface area contributed by atoms with Crippen LogP contribution in [0.15, 0.2) is 72.8 Å². The number of ether oxygens (including phenoxy) is 1. The van der Waals surface area contributed by atoms with Crippen LogP contribution in [0.5, 0.6) is 5.75 Å². The molecule has 1 saturated carbocycles. The SMILES string of the molecule is COc1ccc(N(C)C(=O)[C@]23CC2c2cccc(c2)CS(=O)(=O)Cc2[nH]c4ccccc4c2CC(=O)N3)cc1. The first kappa shape index (κ1) is 25.2. The van der Waals surface area contributed by atoms with E-state index in [1.165, 1.54) is 0 Å². The van der Waals surface area contributed by atoms with Gasteiger partial charge in [-0.2, -0.15) is 0 Å². The number of para-hydroxylation sites is 1. The van der Waals surface area contributed by atoms with Crippen LogP contribution in [0.1, 0.15) is 34.7 Å².